The van der Waals surface area contributed by atoms with Gasteiger partial charge in [0.05, 0.1) is 0 Å². The van der Waals surface area contributed by atoms with E-state index >= 15 is 0 Å². The standard InChI is InChI=1S/C18H38NO7P/c1-3-4-5-6-7-8-9-10-11-12-13-14-15-19-18(25-2,17(20)21)16-26-27(22,23)24/h19H,3-16H2,1-2H3,(H,20,21)(H2,22,23,24)/t18-/m1/s1. The summed E-state index contributed by atoms with van der Waals surface area (Å²) in [5, 5.41) is 12.0. The molecule has 27 heavy (non-hydrogen) atoms. The summed E-state index contributed by atoms with van der Waals surface area (Å²) in [7, 11) is -3.61. The molecule has 0 aliphatic heterocycles. The van der Waals surface area contributed by atoms with Crippen molar-refractivity contribution < 1.29 is 33.5 Å². The number of ether oxygens (including phenoxy) is 1. The third-order valence-electron chi connectivity index (χ3n) is 4.57. The summed E-state index contributed by atoms with van der Waals surface area (Å²) < 4.78 is 20.0. The summed E-state index contributed by atoms with van der Waals surface area (Å²) in [6.45, 7) is 1.81. The molecule has 0 saturated carbocycles. The summed E-state index contributed by atoms with van der Waals surface area (Å²) in [4.78, 5) is 28.9. The molecule has 0 fully saturated rings. The largest absolute Gasteiger partial charge is 0.478 e. The molecule has 4 N–H and O–H groups in total. The molecule has 0 aliphatic carbocycles. The van der Waals surface area contributed by atoms with E-state index in [4.69, 9.17) is 14.5 Å². The molecule has 0 radical (unpaired) electrons. The number of methoxy groups -OCH3 is 1. The minimum Gasteiger partial charge on any atom is -0.478 e. The van der Waals surface area contributed by atoms with Crippen LogP contribution in [0.2, 0.25) is 0 Å². The van der Waals surface area contributed by atoms with Gasteiger partial charge in [0.1, 0.15) is 6.61 Å². The molecule has 0 aromatic heterocycles. The fourth-order valence-corrected chi connectivity index (χ4v) is 3.19. The number of nitrogens with one attached hydrogen (secondary N) is 1. The van der Waals surface area contributed by atoms with Crippen LogP contribution in [0.3, 0.4) is 0 Å². The first kappa shape index (κ1) is 26.5. The number of rotatable bonds is 19. The van der Waals surface area contributed by atoms with Crippen molar-refractivity contribution in [3.8, 4) is 0 Å². The Bertz CT molecular complexity index is 430. The van der Waals surface area contributed by atoms with Crippen LogP contribution in [0.25, 0.3) is 0 Å². The van der Waals surface area contributed by atoms with Gasteiger partial charge in [0.15, 0.2) is 0 Å². The number of hydrogen-bond acceptors (Lipinski definition) is 5. The highest BCUT2D eigenvalue weighted by Crippen LogP contribution is 2.36. The Labute approximate surface area is 163 Å². The normalized spacial score (nSPS) is 14.2. The van der Waals surface area contributed by atoms with Gasteiger partial charge in [-0.05, 0) is 13.0 Å². The predicted octanol–water partition coefficient (Wildman–Crippen LogP) is 3.81. The van der Waals surface area contributed by atoms with Crippen molar-refractivity contribution in [1.29, 1.82) is 0 Å². The Hall–Kier alpha value is -0.500. The van der Waals surface area contributed by atoms with E-state index in [0.29, 0.717) is 6.54 Å². The van der Waals surface area contributed by atoms with Gasteiger partial charge in [0.2, 0.25) is 5.72 Å². The van der Waals surface area contributed by atoms with Gasteiger partial charge < -0.3 is 19.6 Å². The van der Waals surface area contributed by atoms with E-state index in [1.54, 1.807) is 0 Å². The number of phosphoric ester groups is 1. The van der Waals surface area contributed by atoms with E-state index in [1.807, 2.05) is 0 Å². The molecule has 9 heteroatoms. The lowest BCUT2D eigenvalue weighted by Gasteiger charge is -2.28. The van der Waals surface area contributed by atoms with Crippen molar-refractivity contribution in [3.63, 3.8) is 0 Å². The monoisotopic (exact) mass is 411 g/mol. The molecule has 0 unspecified atom stereocenters. The van der Waals surface area contributed by atoms with Crippen LogP contribution in [0, 0.1) is 0 Å². The van der Waals surface area contributed by atoms with Gasteiger partial charge in [0.25, 0.3) is 0 Å². The van der Waals surface area contributed by atoms with Crippen LogP contribution in [0.5, 0.6) is 0 Å². The molecule has 0 spiro atoms. The van der Waals surface area contributed by atoms with E-state index in [9.17, 15) is 14.5 Å². The van der Waals surface area contributed by atoms with Gasteiger partial charge in [-0.2, -0.15) is 0 Å². The SMILES string of the molecule is CCCCCCCCCCCCCCN[C@](COP(=O)(O)O)(OC)C(=O)O. The minimum absolute atomic E-state index is 0.363. The lowest BCUT2D eigenvalue weighted by atomic mass is 10.1. The van der Waals surface area contributed by atoms with Crippen molar-refractivity contribution in [2.45, 2.75) is 89.7 Å². The summed E-state index contributed by atoms with van der Waals surface area (Å²) in [5.41, 5.74) is -1.96. The quantitative estimate of drug-likeness (QED) is 0.144. The molecule has 0 heterocycles. The maximum atomic E-state index is 11.4. The lowest BCUT2D eigenvalue weighted by Crippen LogP contribution is -2.57. The molecular formula is C18H38NO7P. The number of carboxylic acid groups (broad SMARTS) is 1. The molecule has 0 amide bonds. The van der Waals surface area contributed by atoms with Gasteiger partial charge in [-0.1, -0.05) is 77.6 Å². The van der Waals surface area contributed by atoms with Gasteiger partial charge in [-0.3, -0.25) is 9.84 Å². The van der Waals surface area contributed by atoms with E-state index in [0.717, 1.165) is 26.4 Å². The third-order valence-corrected chi connectivity index (χ3v) is 5.04. The van der Waals surface area contributed by atoms with Crippen molar-refractivity contribution in [2.24, 2.45) is 0 Å². The van der Waals surface area contributed by atoms with Crippen LogP contribution >= 0.6 is 7.82 Å². The van der Waals surface area contributed by atoms with Gasteiger partial charge >= 0.3 is 13.8 Å². The summed E-state index contributed by atoms with van der Waals surface area (Å²) in [6.07, 6.45) is 14.4. The van der Waals surface area contributed by atoms with Gasteiger partial charge in [-0.15, -0.1) is 0 Å². The van der Waals surface area contributed by atoms with Crippen LogP contribution in [0.4, 0.5) is 0 Å². The van der Waals surface area contributed by atoms with Crippen LogP contribution in [0.15, 0.2) is 0 Å². The van der Waals surface area contributed by atoms with E-state index in [1.165, 1.54) is 57.8 Å². The molecule has 0 rings (SSSR count). The second-order valence-electron chi connectivity index (χ2n) is 6.92. The zero-order valence-electron chi connectivity index (χ0n) is 16.8. The Kier molecular flexibility index (Phi) is 15.1. The number of phosphoric acid groups is 1. The highest BCUT2D eigenvalue weighted by Gasteiger charge is 2.40. The molecule has 0 aliphatic rings. The smallest absolute Gasteiger partial charge is 0.469 e. The fraction of sp³-hybridized carbons (Fsp3) is 0.944. The van der Waals surface area contributed by atoms with Crippen LogP contribution in [-0.2, 0) is 18.6 Å². The topological polar surface area (TPSA) is 125 Å². The molecule has 0 aromatic carbocycles. The van der Waals surface area contributed by atoms with Crippen LogP contribution in [0.1, 0.15) is 84.0 Å². The van der Waals surface area contributed by atoms with E-state index < -0.39 is 26.1 Å². The first-order valence-corrected chi connectivity index (χ1v) is 11.5. The van der Waals surface area contributed by atoms with Crippen LogP contribution in [-0.4, -0.2) is 46.8 Å². The Morgan fingerprint density at radius 3 is 1.74 bits per heavy atom. The number of hydrogen-bond donors (Lipinski definition) is 4. The Morgan fingerprint density at radius 2 is 1.37 bits per heavy atom. The lowest BCUT2D eigenvalue weighted by molar-refractivity contribution is -0.172. The van der Waals surface area contributed by atoms with Gasteiger partial charge in [0, 0.05) is 7.11 Å². The number of carbonyl (C=O) groups is 1. The molecule has 0 bridgehead atoms. The molecule has 0 aromatic rings. The third kappa shape index (κ3) is 14.2. The zero-order valence-corrected chi connectivity index (χ0v) is 17.7. The summed E-state index contributed by atoms with van der Waals surface area (Å²) in [6, 6.07) is 0. The molecule has 1 atom stereocenters. The maximum Gasteiger partial charge on any atom is 0.469 e. The number of carboxylic acids is 1. The van der Waals surface area contributed by atoms with Crippen molar-refractivity contribution in [2.75, 3.05) is 20.3 Å². The van der Waals surface area contributed by atoms with Crippen molar-refractivity contribution >= 4 is 13.8 Å². The summed E-state index contributed by atoms with van der Waals surface area (Å²) in [5.74, 6) is -1.38. The summed E-state index contributed by atoms with van der Waals surface area (Å²) >= 11 is 0. The van der Waals surface area contributed by atoms with E-state index in [2.05, 4.69) is 16.8 Å². The highest BCUT2D eigenvalue weighted by molar-refractivity contribution is 7.46. The maximum absolute atomic E-state index is 11.4. The molecule has 0 saturated heterocycles. The molecule has 8 nitrogen and oxygen atoms in total. The van der Waals surface area contributed by atoms with Crippen LogP contribution < -0.4 is 5.32 Å². The van der Waals surface area contributed by atoms with Crippen molar-refractivity contribution in [3.05, 3.63) is 0 Å². The zero-order chi connectivity index (χ0) is 20.6. The van der Waals surface area contributed by atoms with Gasteiger partial charge in [-0.25, -0.2) is 9.36 Å². The highest BCUT2D eigenvalue weighted by atomic mass is 31.2. The number of aliphatic carboxylic acids is 1. The first-order chi connectivity index (χ1) is 12.8. The average molecular weight is 411 g/mol. The molecule has 162 valence electrons. The van der Waals surface area contributed by atoms with E-state index in [-0.39, 0.29) is 0 Å². The number of unbranched alkanes of at least 4 members (excludes halogenated alkanes) is 11. The molecular weight excluding hydrogens is 373 g/mol. The van der Waals surface area contributed by atoms with Crippen molar-refractivity contribution in [1.82, 2.24) is 5.32 Å². The second kappa shape index (κ2) is 15.4. The Morgan fingerprint density at radius 1 is 0.926 bits per heavy atom. The first-order valence-electron chi connectivity index (χ1n) is 10.0. The minimum atomic E-state index is -4.77. The average Bonchev–Trinajstić information content (AvgIpc) is 2.60. The fourth-order valence-electron chi connectivity index (χ4n) is 2.84. The Balaban J connectivity index is 3.80. The second-order valence-corrected chi connectivity index (χ2v) is 8.16. The predicted molar refractivity (Wildman–Crippen MR) is 104 cm³/mol.